The smallest absolute Gasteiger partial charge is 0.0731 e. The van der Waals surface area contributed by atoms with Crippen molar-refractivity contribution in [1.82, 2.24) is 9.80 Å². The summed E-state index contributed by atoms with van der Waals surface area (Å²) in [5, 5.41) is 0. The Morgan fingerprint density at radius 2 is 1.95 bits per heavy atom. The highest BCUT2D eigenvalue weighted by molar-refractivity contribution is 5.07. The number of rotatable bonds is 3. The fraction of sp³-hybridized carbons (Fsp3) is 1.00. The Morgan fingerprint density at radius 3 is 2.75 bits per heavy atom. The molecule has 0 bridgehead atoms. The van der Waals surface area contributed by atoms with E-state index in [4.69, 9.17) is 10.5 Å². The minimum Gasteiger partial charge on any atom is -0.375 e. The summed E-state index contributed by atoms with van der Waals surface area (Å²) in [6, 6.07) is 1.52. The van der Waals surface area contributed by atoms with E-state index in [1.165, 1.54) is 58.0 Å². The first-order valence-corrected chi connectivity index (χ1v) is 8.65. The molecule has 2 heterocycles. The molecule has 2 saturated heterocycles. The van der Waals surface area contributed by atoms with Gasteiger partial charge in [-0.25, -0.2) is 0 Å². The summed E-state index contributed by atoms with van der Waals surface area (Å²) in [6.45, 7) is 5.29. The molecule has 3 atom stereocenters. The summed E-state index contributed by atoms with van der Waals surface area (Å²) in [5.74, 6) is 0. The second-order valence-corrected chi connectivity index (χ2v) is 7.33. The largest absolute Gasteiger partial charge is 0.375 e. The second-order valence-electron chi connectivity index (χ2n) is 7.33. The maximum atomic E-state index is 6.30. The molecule has 4 heteroatoms. The summed E-state index contributed by atoms with van der Waals surface area (Å²) in [5.41, 5.74) is 6.54. The van der Waals surface area contributed by atoms with Crippen LogP contribution in [0.3, 0.4) is 0 Å². The first kappa shape index (κ1) is 13.5. The van der Waals surface area contributed by atoms with Crippen LogP contribution < -0.4 is 5.73 Å². The molecule has 20 heavy (non-hydrogen) atoms. The van der Waals surface area contributed by atoms with Gasteiger partial charge in [0, 0.05) is 43.8 Å². The van der Waals surface area contributed by atoms with Crippen molar-refractivity contribution in [2.24, 2.45) is 5.73 Å². The molecule has 2 N–H and O–H groups in total. The van der Waals surface area contributed by atoms with Gasteiger partial charge in [0.25, 0.3) is 0 Å². The molecule has 2 aliphatic heterocycles. The second kappa shape index (κ2) is 5.24. The Bertz CT molecular complexity index is 358. The lowest BCUT2D eigenvalue weighted by Crippen LogP contribution is -2.65. The van der Waals surface area contributed by atoms with Gasteiger partial charge in [0.2, 0.25) is 0 Å². The van der Waals surface area contributed by atoms with Gasteiger partial charge in [0.1, 0.15) is 0 Å². The molecule has 4 aliphatic rings. The number of likely N-dealkylation sites (tertiary alicyclic amines) is 1. The van der Waals surface area contributed by atoms with E-state index in [1.54, 1.807) is 0 Å². The molecule has 2 aliphatic carbocycles. The van der Waals surface area contributed by atoms with Crippen LogP contribution in [0, 0.1) is 0 Å². The molecule has 0 radical (unpaired) electrons. The van der Waals surface area contributed by atoms with Crippen molar-refractivity contribution in [2.45, 2.75) is 68.7 Å². The van der Waals surface area contributed by atoms with E-state index in [-0.39, 0.29) is 5.54 Å². The van der Waals surface area contributed by atoms with E-state index in [0.29, 0.717) is 12.1 Å². The predicted molar refractivity (Wildman–Crippen MR) is 79.7 cm³/mol. The SMILES string of the molecule is NCC1(N2CCOC3CCCCC32)CCN(C2CC2)C1. The van der Waals surface area contributed by atoms with E-state index in [9.17, 15) is 0 Å². The minimum absolute atomic E-state index is 0.243. The Morgan fingerprint density at radius 1 is 1.10 bits per heavy atom. The van der Waals surface area contributed by atoms with Crippen molar-refractivity contribution in [1.29, 1.82) is 0 Å². The molecule has 4 fully saturated rings. The van der Waals surface area contributed by atoms with Crippen molar-refractivity contribution >= 4 is 0 Å². The lowest BCUT2D eigenvalue weighted by Gasteiger charge is -2.52. The zero-order valence-corrected chi connectivity index (χ0v) is 12.6. The molecule has 2 saturated carbocycles. The van der Waals surface area contributed by atoms with Gasteiger partial charge in [0.15, 0.2) is 0 Å². The maximum absolute atomic E-state index is 6.30. The van der Waals surface area contributed by atoms with Crippen LogP contribution in [0.25, 0.3) is 0 Å². The molecule has 0 aromatic heterocycles. The number of hydrogen-bond donors (Lipinski definition) is 1. The van der Waals surface area contributed by atoms with Gasteiger partial charge in [0.05, 0.1) is 12.7 Å². The van der Waals surface area contributed by atoms with Crippen molar-refractivity contribution < 1.29 is 4.74 Å². The highest BCUT2D eigenvalue weighted by Crippen LogP contribution is 2.40. The van der Waals surface area contributed by atoms with Crippen LogP contribution >= 0.6 is 0 Å². The van der Waals surface area contributed by atoms with Gasteiger partial charge >= 0.3 is 0 Å². The number of hydrogen-bond acceptors (Lipinski definition) is 4. The van der Waals surface area contributed by atoms with Gasteiger partial charge < -0.3 is 10.5 Å². The van der Waals surface area contributed by atoms with Crippen molar-refractivity contribution in [3.63, 3.8) is 0 Å². The number of ether oxygens (including phenoxy) is 1. The van der Waals surface area contributed by atoms with Gasteiger partial charge in [-0.1, -0.05) is 12.8 Å². The van der Waals surface area contributed by atoms with Crippen molar-refractivity contribution in [3.8, 4) is 0 Å². The third kappa shape index (κ3) is 2.21. The molecule has 0 amide bonds. The van der Waals surface area contributed by atoms with E-state index in [2.05, 4.69) is 9.80 Å². The maximum Gasteiger partial charge on any atom is 0.0731 e. The van der Waals surface area contributed by atoms with Gasteiger partial charge in [-0.2, -0.15) is 0 Å². The normalized spacial score (nSPS) is 43.6. The third-order valence-electron chi connectivity index (χ3n) is 6.15. The number of nitrogens with two attached hydrogens (primary N) is 1. The summed E-state index contributed by atoms with van der Waals surface area (Å²) in [7, 11) is 0. The Hall–Kier alpha value is -0.160. The monoisotopic (exact) mass is 279 g/mol. The fourth-order valence-electron chi connectivity index (χ4n) is 4.84. The Kier molecular flexibility index (Phi) is 3.53. The third-order valence-corrected chi connectivity index (χ3v) is 6.15. The average Bonchev–Trinajstić information content (AvgIpc) is 3.27. The Balaban J connectivity index is 1.53. The van der Waals surface area contributed by atoms with E-state index < -0.39 is 0 Å². The summed E-state index contributed by atoms with van der Waals surface area (Å²) >= 11 is 0. The van der Waals surface area contributed by atoms with E-state index in [0.717, 1.165) is 25.7 Å². The zero-order valence-electron chi connectivity index (χ0n) is 12.6. The molecule has 4 nitrogen and oxygen atoms in total. The highest BCUT2D eigenvalue weighted by Gasteiger charge is 2.50. The molecule has 0 spiro atoms. The van der Waals surface area contributed by atoms with E-state index in [1.807, 2.05) is 0 Å². The molecule has 3 unspecified atom stereocenters. The predicted octanol–water partition coefficient (Wildman–Crippen LogP) is 1.20. The minimum atomic E-state index is 0.243. The highest BCUT2D eigenvalue weighted by atomic mass is 16.5. The van der Waals surface area contributed by atoms with Gasteiger partial charge in [-0.15, -0.1) is 0 Å². The first-order chi connectivity index (χ1) is 9.82. The number of fused-ring (bicyclic) bond motifs is 1. The summed E-state index contributed by atoms with van der Waals surface area (Å²) < 4.78 is 6.05. The van der Waals surface area contributed by atoms with Crippen molar-refractivity contribution in [3.05, 3.63) is 0 Å². The van der Waals surface area contributed by atoms with Crippen molar-refractivity contribution in [2.75, 3.05) is 32.8 Å². The first-order valence-electron chi connectivity index (χ1n) is 8.65. The van der Waals surface area contributed by atoms with Crippen LogP contribution in [0.1, 0.15) is 44.9 Å². The number of morpholine rings is 1. The van der Waals surface area contributed by atoms with Crippen LogP contribution in [-0.2, 0) is 4.74 Å². The van der Waals surface area contributed by atoms with Gasteiger partial charge in [-0.3, -0.25) is 9.80 Å². The van der Waals surface area contributed by atoms with Crippen LogP contribution in [0.15, 0.2) is 0 Å². The van der Waals surface area contributed by atoms with Gasteiger partial charge in [-0.05, 0) is 32.1 Å². The molecular formula is C16H29N3O. The zero-order chi connectivity index (χ0) is 13.6. The summed E-state index contributed by atoms with van der Waals surface area (Å²) in [6.07, 6.45) is 9.86. The topological polar surface area (TPSA) is 41.7 Å². The van der Waals surface area contributed by atoms with Crippen LogP contribution in [0.2, 0.25) is 0 Å². The molecule has 0 aromatic carbocycles. The van der Waals surface area contributed by atoms with Crippen LogP contribution in [-0.4, -0.2) is 66.3 Å². The molecule has 4 rings (SSSR count). The lowest BCUT2D eigenvalue weighted by molar-refractivity contribution is -0.122. The quantitative estimate of drug-likeness (QED) is 0.843. The standard InChI is InChI=1S/C16H29N3O/c17-11-16(7-8-18(12-16)13-5-6-13)19-9-10-20-15-4-2-1-3-14(15)19/h13-15H,1-12,17H2. The average molecular weight is 279 g/mol. The van der Waals surface area contributed by atoms with E-state index >= 15 is 0 Å². The summed E-state index contributed by atoms with van der Waals surface area (Å²) in [4.78, 5) is 5.49. The molecule has 0 aromatic rings. The lowest BCUT2D eigenvalue weighted by atomic mass is 9.85. The molecular weight excluding hydrogens is 250 g/mol. The van der Waals surface area contributed by atoms with Crippen LogP contribution in [0.4, 0.5) is 0 Å². The number of nitrogens with zero attached hydrogens (tertiary/aromatic N) is 2. The fourth-order valence-corrected chi connectivity index (χ4v) is 4.84. The molecule has 114 valence electrons. The Labute approximate surface area is 122 Å². The van der Waals surface area contributed by atoms with Crippen LogP contribution in [0.5, 0.6) is 0 Å².